The summed E-state index contributed by atoms with van der Waals surface area (Å²) in [5.74, 6) is 0. The van der Waals surface area contributed by atoms with Crippen LogP contribution in [0.4, 0.5) is 0 Å². The van der Waals surface area contributed by atoms with Gasteiger partial charge in [-0.2, -0.15) is 0 Å². The summed E-state index contributed by atoms with van der Waals surface area (Å²) < 4.78 is 8.92. The van der Waals surface area contributed by atoms with Gasteiger partial charge in [0.1, 0.15) is 11.2 Å². The molecule has 10 aromatic carbocycles. The Morgan fingerprint density at radius 2 is 0.804 bits per heavy atom. The van der Waals surface area contributed by atoms with E-state index in [2.05, 4.69) is 205 Å². The van der Waals surface area contributed by atoms with Crippen molar-refractivity contribution in [1.29, 1.82) is 0 Å². The number of fused-ring (bicyclic) bond motifs is 9. The highest BCUT2D eigenvalue weighted by Gasteiger charge is 2.19. The molecule has 2 aromatic heterocycles. The Labute approximate surface area is 323 Å². The minimum atomic E-state index is 0.906. The van der Waals surface area contributed by atoms with E-state index in [9.17, 15) is 0 Å². The number of rotatable bonds is 4. The molecule has 12 rings (SSSR count). The molecule has 0 bridgehead atoms. The van der Waals surface area contributed by atoms with Gasteiger partial charge in [0.25, 0.3) is 0 Å². The minimum absolute atomic E-state index is 0.906. The SMILES string of the molecule is c1ccc(-n2c3ccccc3c3cc(-c4ccc(-c5c6ccccc6c(-c6ccc7c(c6)oc6cc8ccccc8cc67)c6ccccc56)cc4)ccc32)cc1. The minimum Gasteiger partial charge on any atom is -0.456 e. The lowest BCUT2D eigenvalue weighted by Crippen LogP contribution is -1.92. The highest BCUT2D eigenvalue weighted by atomic mass is 16.3. The fourth-order valence-corrected chi connectivity index (χ4v) is 9.21. The van der Waals surface area contributed by atoms with Gasteiger partial charge in [-0.1, -0.05) is 146 Å². The van der Waals surface area contributed by atoms with Crippen molar-refractivity contribution >= 4 is 76.1 Å². The number of hydrogen-bond acceptors (Lipinski definition) is 1. The molecule has 0 unspecified atom stereocenters. The Bertz CT molecular complexity index is 3460. The zero-order valence-corrected chi connectivity index (χ0v) is 30.4. The van der Waals surface area contributed by atoms with Crippen LogP contribution in [0.2, 0.25) is 0 Å². The fourth-order valence-electron chi connectivity index (χ4n) is 9.21. The van der Waals surface area contributed by atoms with Crippen molar-refractivity contribution in [3.8, 4) is 39.1 Å². The first-order chi connectivity index (χ1) is 27.8. The Morgan fingerprint density at radius 1 is 0.286 bits per heavy atom. The van der Waals surface area contributed by atoms with E-state index in [1.54, 1.807) is 0 Å². The van der Waals surface area contributed by atoms with Crippen molar-refractivity contribution in [2.45, 2.75) is 0 Å². The van der Waals surface area contributed by atoms with Crippen molar-refractivity contribution in [1.82, 2.24) is 4.57 Å². The van der Waals surface area contributed by atoms with E-state index in [1.807, 2.05) is 0 Å². The normalized spacial score (nSPS) is 11.9. The molecule has 0 fully saturated rings. The number of para-hydroxylation sites is 2. The first-order valence-electron chi connectivity index (χ1n) is 19.3. The molecular formula is C54H33NO. The molecule has 0 saturated heterocycles. The summed E-state index contributed by atoms with van der Waals surface area (Å²) in [4.78, 5) is 0. The molecular weight excluding hydrogens is 679 g/mol. The molecule has 0 aliphatic carbocycles. The lowest BCUT2D eigenvalue weighted by atomic mass is 9.85. The zero-order chi connectivity index (χ0) is 36.7. The first kappa shape index (κ1) is 31.0. The summed E-state index contributed by atoms with van der Waals surface area (Å²) in [6.07, 6.45) is 0. The quantitative estimate of drug-likeness (QED) is 0.166. The molecule has 0 radical (unpaired) electrons. The monoisotopic (exact) mass is 711 g/mol. The second-order valence-electron chi connectivity index (χ2n) is 14.8. The zero-order valence-electron chi connectivity index (χ0n) is 30.4. The van der Waals surface area contributed by atoms with Crippen LogP contribution < -0.4 is 0 Å². The molecule has 56 heavy (non-hydrogen) atoms. The van der Waals surface area contributed by atoms with E-state index >= 15 is 0 Å². The van der Waals surface area contributed by atoms with Gasteiger partial charge in [0.15, 0.2) is 0 Å². The molecule has 0 amide bonds. The standard InChI is InChI=1S/C54H33NO/c1-2-14-40(15-3-1)55-49-21-11-10-16-41(49)47-30-38(27-29-50(47)55)34-22-24-35(25-23-34)53-43-17-6-8-19-45(43)54(46-20-9-7-18-44(46)53)39-26-28-42-48-31-36-12-4-5-13-37(36)32-52(48)56-51(42)33-39/h1-33H. The van der Waals surface area contributed by atoms with Crippen LogP contribution in [0.5, 0.6) is 0 Å². The lowest BCUT2D eigenvalue weighted by Gasteiger charge is -2.18. The third kappa shape index (κ3) is 4.63. The first-order valence-corrected chi connectivity index (χ1v) is 19.3. The van der Waals surface area contributed by atoms with E-state index in [0.717, 1.165) is 27.5 Å². The van der Waals surface area contributed by atoms with Gasteiger partial charge in [0, 0.05) is 27.2 Å². The third-order valence-electron chi connectivity index (χ3n) is 11.8. The fraction of sp³-hybridized carbons (Fsp3) is 0. The van der Waals surface area contributed by atoms with Crippen LogP contribution in [0.15, 0.2) is 205 Å². The summed E-state index contributed by atoms with van der Waals surface area (Å²) in [5, 5.41) is 12.1. The van der Waals surface area contributed by atoms with Gasteiger partial charge in [-0.15, -0.1) is 0 Å². The Kier molecular flexibility index (Phi) is 6.66. The summed E-state index contributed by atoms with van der Waals surface area (Å²) in [7, 11) is 0. The maximum atomic E-state index is 6.55. The molecule has 0 saturated carbocycles. The largest absolute Gasteiger partial charge is 0.456 e. The number of benzene rings is 10. The molecule has 2 heterocycles. The Hall–Kier alpha value is -7.42. The van der Waals surface area contributed by atoms with E-state index in [1.165, 1.54) is 87.6 Å². The van der Waals surface area contributed by atoms with Crippen LogP contribution in [-0.4, -0.2) is 4.57 Å². The van der Waals surface area contributed by atoms with Gasteiger partial charge in [0.05, 0.1) is 11.0 Å². The number of hydrogen-bond donors (Lipinski definition) is 0. The van der Waals surface area contributed by atoms with E-state index in [-0.39, 0.29) is 0 Å². The predicted octanol–water partition coefficient (Wildman–Crippen LogP) is 15.1. The summed E-state index contributed by atoms with van der Waals surface area (Å²) >= 11 is 0. The van der Waals surface area contributed by atoms with Gasteiger partial charge in [0.2, 0.25) is 0 Å². The highest BCUT2D eigenvalue weighted by Crippen LogP contribution is 2.45. The van der Waals surface area contributed by atoms with Crippen molar-refractivity contribution in [3.05, 3.63) is 200 Å². The van der Waals surface area contributed by atoms with Crippen molar-refractivity contribution in [2.75, 3.05) is 0 Å². The van der Waals surface area contributed by atoms with Crippen molar-refractivity contribution < 1.29 is 4.42 Å². The van der Waals surface area contributed by atoms with Gasteiger partial charge < -0.3 is 8.98 Å². The third-order valence-corrected chi connectivity index (χ3v) is 11.8. The van der Waals surface area contributed by atoms with Gasteiger partial charge in [-0.3, -0.25) is 0 Å². The smallest absolute Gasteiger partial charge is 0.136 e. The number of furan rings is 1. The highest BCUT2D eigenvalue weighted by molar-refractivity contribution is 6.22. The Balaban J connectivity index is 0.993. The number of aromatic nitrogens is 1. The molecule has 260 valence electrons. The van der Waals surface area contributed by atoms with Crippen LogP contribution in [-0.2, 0) is 0 Å². The van der Waals surface area contributed by atoms with Gasteiger partial charge in [-0.25, -0.2) is 0 Å². The maximum absolute atomic E-state index is 6.55. The van der Waals surface area contributed by atoms with Crippen LogP contribution in [0, 0.1) is 0 Å². The van der Waals surface area contributed by atoms with Crippen LogP contribution in [0.25, 0.3) is 115 Å². The van der Waals surface area contributed by atoms with E-state index in [4.69, 9.17) is 4.42 Å². The van der Waals surface area contributed by atoms with Crippen LogP contribution >= 0.6 is 0 Å². The summed E-state index contributed by atoms with van der Waals surface area (Å²) in [6, 6.07) is 72.8. The van der Waals surface area contributed by atoms with Crippen LogP contribution in [0.3, 0.4) is 0 Å². The molecule has 2 heteroatoms. The topological polar surface area (TPSA) is 18.1 Å². The number of nitrogens with zero attached hydrogens (tertiary/aromatic N) is 1. The van der Waals surface area contributed by atoms with E-state index in [0.29, 0.717) is 0 Å². The summed E-state index contributed by atoms with van der Waals surface area (Å²) in [6.45, 7) is 0. The predicted molar refractivity (Wildman–Crippen MR) is 237 cm³/mol. The van der Waals surface area contributed by atoms with Gasteiger partial charge in [-0.05, 0) is 120 Å². The summed E-state index contributed by atoms with van der Waals surface area (Å²) in [5.41, 5.74) is 12.7. The molecule has 2 nitrogen and oxygen atoms in total. The second-order valence-corrected chi connectivity index (χ2v) is 14.8. The average molecular weight is 712 g/mol. The maximum Gasteiger partial charge on any atom is 0.136 e. The molecule has 0 atom stereocenters. The molecule has 0 spiro atoms. The van der Waals surface area contributed by atoms with Crippen molar-refractivity contribution in [2.24, 2.45) is 0 Å². The Morgan fingerprint density at radius 3 is 1.52 bits per heavy atom. The lowest BCUT2D eigenvalue weighted by molar-refractivity contribution is 0.669. The second kappa shape index (κ2) is 12.0. The molecule has 0 aliphatic rings. The van der Waals surface area contributed by atoms with Gasteiger partial charge >= 0.3 is 0 Å². The van der Waals surface area contributed by atoms with Crippen molar-refractivity contribution in [3.63, 3.8) is 0 Å². The molecule has 12 aromatic rings. The molecule has 0 N–H and O–H groups in total. The van der Waals surface area contributed by atoms with Crippen LogP contribution in [0.1, 0.15) is 0 Å². The molecule has 0 aliphatic heterocycles. The van der Waals surface area contributed by atoms with E-state index < -0.39 is 0 Å². The average Bonchev–Trinajstić information content (AvgIpc) is 3.79.